The molecule has 1 fully saturated rings. The lowest BCUT2D eigenvalue weighted by molar-refractivity contribution is -0.385. The zero-order valence-electron chi connectivity index (χ0n) is 19.8. The standard InChI is InChI=1S/C27H23FN6O2/c1-27(10-12-33(2)16-27)9-7-18-13-23-21(15-25(18)34(35)36)26(31-17-30-23)32-19-8-11-29-24(14-19)20-5-3-4-6-22(20)28/h3-6,8,11,13-15,17H,10,12,16H2,1-2H3,(H,29,30,31,32). The fraction of sp³-hybridized carbons (Fsp3) is 0.222. The van der Waals surface area contributed by atoms with Crippen molar-refractivity contribution in [2.45, 2.75) is 13.3 Å². The van der Waals surface area contributed by atoms with Crippen LogP contribution in [-0.2, 0) is 0 Å². The Morgan fingerprint density at radius 2 is 2.00 bits per heavy atom. The van der Waals surface area contributed by atoms with Gasteiger partial charge in [0, 0.05) is 40.9 Å². The maximum Gasteiger partial charge on any atom is 0.285 e. The molecule has 4 aromatic rings. The van der Waals surface area contributed by atoms with Crippen molar-refractivity contribution >= 4 is 28.1 Å². The summed E-state index contributed by atoms with van der Waals surface area (Å²) in [5.74, 6) is 6.31. The molecular formula is C27H23FN6O2. The summed E-state index contributed by atoms with van der Waals surface area (Å²) in [6, 6.07) is 12.9. The minimum Gasteiger partial charge on any atom is -0.340 e. The number of hydrogen-bond donors (Lipinski definition) is 1. The van der Waals surface area contributed by atoms with Crippen molar-refractivity contribution in [1.29, 1.82) is 0 Å². The zero-order chi connectivity index (χ0) is 25.3. The second-order valence-corrected chi connectivity index (χ2v) is 9.20. The first-order chi connectivity index (χ1) is 17.3. The second kappa shape index (κ2) is 9.32. The molecule has 1 N–H and O–H groups in total. The molecule has 8 nitrogen and oxygen atoms in total. The number of nitrogens with zero attached hydrogens (tertiary/aromatic N) is 5. The summed E-state index contributed by atoms with van der Waals surface area (Å²) in [4.78, 5) is 26.6. The first-order valence-electron chi connectivity index (χ1n) is 11.4. The topological polar surface area (TPSA) is 97.1 Å². The monoisotopic (exact) mass is 482 g/mol. The molecule has 0 aliphatic carbocycles. The molecule has 2 aromatic heterocycles. The molecule has 1 unspecified atom stereocenters. The van der Waals surface area contributed by atoms with Crippen molar-refractivity contribution in [3.63, 3.8) is 0 Å². The van der Waals surface area contributed by atoms with Gasteiger partial charge >= 0.3 is 0 Å². The minimum absolute atomic E-state index is 0.107. The number of rotatable bonds is 4. The summed E-state index contributed by atoms with van der Waals surface area (Å²) in [6.45, 7) is 3.84. The highest BCUT2D eigenvalue weighted by atomic mass is 19.1. The molecular weight excluding hydrogens is 459 g/mol. The number of fused-ring (bicyclic) bond motifs is 1. The van der Waals surface area contributed by atoms with Crippen LogP contribution in [0.5, 0.6) is 0 Å². The van der Waals surface area contributed by atoms with Gasteiger partial charge in [-0.2, -0.15) is 0 Å². The van der Waals surface area contributed by atoms with Gasteiger partial charge in [0.1, 0.15) is 23.5 Å². The number of nitro groups is 1. The van der Waals surface area contributed by atoms with E-state index in [1.54, 1.807) is 42.6 Å². The average molecular weight is 483 g/mol. The van der Waals surface area contributed by atoms with Gasteiger partial charge in [0.15, 0.2) is 0 Å². The number of aromatic nitrogens is 3. The van der Waals surface area contributed by atoms with E-state index in [1.807, 2.05) is 7.05 Å². The van der Waals surface area contributed by atoms with Crippen molar-refractivity contribution in [1.82, 2.24) is 19.9 Å². The third-order valence-electron chi connectivity index (χ3n) is 6.29. The molecule has 0 saturated carbocycles. The predicted octanol–water partition coefficient (Wildman–Crippen LogP) is 5.18. The molecule has 1 saturated heterocycles. The summed E-state index contributed by atoms with van der Waals surface area (Å²) in [7, 11) is 2.04. The molecule has 180 valence electrons. The van der Waals surface area contributed by atoms with E-state index in [9.17, 15) is 14.5 Å². The molecule has 0 amide bonds. The SMILES string of the molecule is CN1CCC(C)(C#Cc2cc3ncnc(Nc4ccnc(-c5ccccc5F)c4)c3cc2[N+](=O)[O-])C1. The predicted molar refractivity (Wildman–Crippen MR) is 136 cm³/mol. The van der Waals surface area contributed by atoms with E-state index >= 15 is 0 Å². The van der Waals surface area contributed by atoms with Crippen LogP contribution in [0.2, 0.25) is 0 Å². The van der Waals surface area contributed by atoms with Crippen LogP contribution in [0.3, 0.4) is 0 Å². The van der Waals surface area contributed by atoms with Crippen LogP contribution in [0, 0.1) is 33.2 Å². The third-order valence-corrected chi connectivity index (χ3v) is 6.29. The van der Waals surface area contributed by atoms with E-state index in [2.05, 4.69) is 43.9 Å². The fourth-order valence-corrected chi connectivity index (χ4v) is 4.42. The first kappa shape index (κ1) is 23.3. The van der Waals surface area contributed by atoms with E-state index in [0.29, 0.717) is 39.2 Å². The number of anilines is 2. The molecule has 36 heavy (non-hydrogen) atoms. The lowest BCUT2D eigenvalue weighted by Crippen LogP contribution is -2.20. The highest BCUT2D eigenvalue weighted by Gasteiger charge is 2.30. The Labute approximate surface area is 207 Å². The molecule has 3 heterocycles. The summed E-state index contributed by atoms with van der Waals surface area (Å²) < 4.78 is 14.2. The number of pyridine rings is 1. The van der Waals surface area contributed by atoms with Gasteiger partial charge in [0.05, 0.1) is 16.1 Å². The minimum atomic E-state index is -0.438. The normalized spacial score (nSPS) is 17.5. The average Bonchev–Trinajstić information content (AvgIpc) is 3.21. The number of halogens is 1. The van der Waals surface area contributed by atoms with Crippen LogP contribution < -0.4 is 5.32 Å². The molecule has 1 aliphatic rings. The summed E-state index contributed by atoms with van der Waals surface area (Å²) in [6.07, 6.45) is 3.86. The van der Waals surface area contributed by atoms with Gasteiger partial charge in [-0.3, -0.25) is 15.1 Å². The Morgan fingerprint density at radius 3 is 2.75 bits per heavy atom. The summed E-state index contributed by atoms with van der Waals surface area (Å²) in [5.41, 5.74) is 1.95. The molecule has 1 aliphatic heterocycles. The second-order valence-electron chi connectivity index (χ2n) is 9.20. The lowest BCUT2D eigenvalue weighted by Gasteiger charge is -2.15. The van der Waals surface area contributed by atoms with E-state index in [0.717, 1.165) is 19.5 Å². The number of hydrogen-bond acceptors (Lipinski definition) is 7. The van der Waals surface area contributed by atoms with Crippen LogP contribution >= 0.6 is 0 Å². The van der Waals surface area contributed by atoms with Crippen molar-refractivity contribution < 1.29 is 9.31 Å². The number of nitro benzene ring substituents is 1. The number of nitrogens with one attached hydrogen (secondary N) is 1. The largest absolute Gasteiger partial charge is 0.340 e. The smallest absolute Gasteiger partial charge is 0.285 e. The van der Waals surface area contributed by atoms with Gasteiger partial charge in [-0.25, -0.2) is 14.4 Å². The van der Waals surface area contributed by atoms with Crippen molar-refractivity contribution in [3.8, 4) is 23.1 Å². The van der Waals surface area contributed by atoms with Crippen LogP contribution in [0.15, 0.2) is 61.1 Å². The summed E-state index contributed by atoms with van der Waals surface area (Å²) in [5, 5.41) is 15.6. The van der Waals surface area contributed by atoms with Gasteiger partial charge in [0.2, 0.25) is 0 Å². The molecule has 0 radical (unpaired) electrons. The van der Waals surface area contributed by atoms with Crippen LogP contribution in [0.1, 0.15) is 18.9 Å². The molecule has 1 atom stereocenters. The van der Waals surface area contributed by atoms with Gasteiger partial charge in [-0.05, 0) is 57.3 Å². The van der Waals surface area contributed by atoms with Crippen LogP contribution in [0.25, 0.3) is 22.2 Å². The Bertz CT molecular complexity index is 1550. The van der Waals surface area contributed by atoms with Crippen molar-refractivity contribution in [2.75, 3.05) is 25.5 Å². The van der Waals surface area contributed by atoms with E-state index in [-0.39, 0.29) is 16.9 Å². The van der Waals surface area contributed by atoms with Crippen molar-refractivity contribution in [2.24, 2.45) is 5.41 Å². The van der Waals surface area contributed by atoms with Gasteiger partial charge in [-0.1, -0.05) is 24.0 Å². The Hall–Kier alpha value is -4.42. The van der Waals surface area contributed by atoms with Crippen LogP contribution in [0.4, 0.5) is 21.6 Å². The first-order valence-corrected chi connectivity index (χ1v) is 11.4. The van der Waals surface area contributed by atoms with Gasteiger partial charge in [-0.15, -0.1) is 0 Å². The molecule has 0 bridgehead atoms. The van der Waals surface area contributed by atoms with Gasteiger partial charge in [0.25, 0.3) is 5.69 Å². The molecule has 9 heteroatoms. The number of likely N-dealkylation sites (tertiary alicyclic amines) is 1. The fourth-order valence-electron chi connectivity index (χ4n) is 4.42. The Morgan fingerprint density at radius 1 is 1.17 bits per heavy atom. The molecule has 0 spiro atoms. The van der Waals surface area contributed by atoms with Crippen molar-refractivity contribution in [3.05, 3.63) is 82.6 Å². The highest BCUT2D eigenvalue weighted by Crippen LogP contribution is 2.32. The maximum atomic E-state index is 14.2. The quantitative estimate of drug-likeness (QED) is 0.243. The Balaban J connectivity index is 1.52. The number of benzene rings is 2. The van der Waals surface area contributed by atoms with E-state index in [4.69, 9.17) is 0 Å². The van der Waals surface area contributed by atoms with Crippen LogP contribution in [-0.4, -0.2) is 44.9 Å². The van der Waals surface area contributed by atoms with Gasteiger partial charge < -0.3 is 10.2 Å². The maximum absolute atomic E-state index is 14.2. The van der Waals surface area contributed by atoms with E-state index in [1.165, 1.54) is 18.5 Å². The molecule has 2 aromatic carbocycles. The zero-order valence-corrected chi connectivity index (χ0v) is 19.8. The highest BCUT2D eigenvalue weighted by molar-refractivity contribution is 5.93. The summed E-state index contributed by atoms with van der Waals surface area (Å²) >= 11 is 0. The Kier molecular flexibility index (Phi) is 6.04. The third kappa shape index (κ3) is 4.72. The molecule has 5 rings (SSSR count). The van der Waals surface area contributed by atoms with E-state index < -0.39 is 4.92 Å². The lowest BCUT2D eigenvalue weighted by atomic mass is 9.90.